The van der Waals surface area contributed by atoms with Gasteiger partial charge in [0.05, 0.1) is 12.2 Å². The number of nitrogens with zero attached hydrogens (tertiary/aromatic N) is 5. The van der Waals surface area contributed by atoms with E-state index in [1.54, 1.807) is 10.7 Å². The van der Waals surface area contributed by atoms with Crippen LogP contribution in [0.15, 0.2) is 66.9 Å². The first-order valence-corrected chi connectivity index (χ1v) is 12.2. The van der Waals surface area contributed by atoms with Crippen LogP contribution in [0.1, 0.15) is 33.7 Å². The summed E-state index contributed by atoms with van der Waals surface area (Å²) in [5, 5.41) is 5.50. The summed E-state index contributed by atoms with van der Waals surface area (Å²) in [4.78, 5) is 27.2. The number of aryl methyl sites for hydroxylation is 1. The van der Waals surface area contributed by atoms with Gasteiger partial charge in [-0.05, 0) is 74.5 Å². The maximum absolute atomic E-state index is 12.3. The largest absolute Gasteiger partial charge is 0.343 e. The second-order valence-electron chi connectivity index (χ2n) is 9.68. The SMILES string of the molecule is Cc1cc(C=O)nn1-c1ccc2c(ccn2Cc2ccc(C3=CCN(C(=O)CN(C)C)CC3)cc2)c1. The molecule has 1 amide bonds. The number of benzene rings is 2. The molecule has 7 heteroatoms. The van der Waals surface area contributed by atoms with Gasteiger partial charge < -0.3 is 14.4 Å². The molecule has 2 aromatic heterocycles. The third kappa shape index (κ3) is 4.88. The first-order valence-electron chi connectivity index (χ1n) is 12.2. The average Bonchev–Trinajstić information content (AvgIpc) is 3.46. The summed E-state index contributed by atoms with van der Waals surface area (Å²) in [5.41, 5.74) is 7.23. The number of amides is 1. The normalized spacial score (nSPS) is 13.9. The molecule has 4 aromatic rings. The Morgan fingerprint density at radius 3 is 2.56 bits per heavy atom. The number of likely N-dealkylation sites (N-methyl/N-ethyl adjacent to an activating group) is 1. The number of aromatic nitrogens is 3. The van der Waals surface area contributed by atoms with Crippen LogP contribution in [0.25, 0.3) is 22.2 Å². The molecular formula is C29H31N5O2. The number of carbonyl (C=O) groups is 2. The molecule has 2 aromatic carbocycles. The molecule has 0 saturated heterocycles. The molecule has 0 bridgehead atoms. The van der Waals surface area contributed by atoms with E-state index in [9.17, 15) is 9.59 Å². The lowest BCUT2D eigenvalue weighted by Gasteiger charge is -2.27. The summed E-state index contributed by atoms with van der Waals surface area (Å²) in [6.45, 7) is 4.63. The van der Waals surface area contributed by atoms with Crippen molar-refractivity contribution >= 4 is 28.7 Å². The summed E-state index contributed by atoms with van der Waals surface area (Å²) in [6, 6.07) is 18.9. The van der Waals surface area contributed by atoms with Gasteiger partial charge in [0.15, 0.2) is 6.29 Å². The van der Waals surface area contributed by atoms with E-state index in [-0.39, 0.29) is 5.91 Å². The van der Waals surface area contributed by atoms with Crippen molar-refractivity contribution in [3.05, 3.63) is 89.4 Å². The minimum absolute atomic E-state index is 0.183. The molecule has 0 radical (unpaired) electrons. The van der Waals surface area contributed by atoms with E-state index in [1.807, 2.05) is 36.9 Å². The van der Waals surface area contributed by atoms with E-state index < -0.39 is 0 Å². The van der Waals surface area contributed by atoms with Crippen LogP contribution >= 0.6 is 0 Å². The molecule has 0 N–H and O–H groups in total. The molecule has 7 nitrogen and oxygen atoms in total. The van der Waals surface area contributed by atoms with Gasteiger partial charge in [0.2, 0.25) is 5.91 Å². The Balaban J connectivity index is 1.28. The zero-order valence-electron chi connectivity index (χ0n) is 21.0. The standard InChI is InChI=1S/C29H31N5O2/c1-21-16-26(20-35)30-34(21)27-8-9-28-25(17-27)12-15-33(28)18-22-4-6-23(7-5-22)24-10-13-32(14-11-24)29(36)19-31(2)3/h4-10,12,15-17,20H,11,13-14,18-19H2,1-3H3. The highest BCUT2D eigenvalue weighted by Crippen LogP contribution is 2.25. The third-order valence-electron chi connectivity index (χ3n) is 6.72. The molecule has 3 heterocycles. The van der Waals surface area contributed by atoms with Crippen LogP contribution in [-0.2, 0) is 11.3 Å². The lowest BCUT2D eigenvalue weighted by Crippen LogP contribution is -2.40. The number of aldehydes is 1. The maximum atomic E-state index is 12.3. The molecule has 1 aliphatic rings. The molecule has 0 atom stereocenters. The number of hydrogen-bond donors (Lipinski definition) is 0. The highest BCUT2D eigenvalue weighted by atomic mass is 16.2. The van der Waals surface area contributed by atoms with E-state index in [2.05, 4.69) is 64.4 Å². The van der Waals surface area contributed by atoms with E-state index in [0.717, 1.165) is 48.1 Å². The molecule has 184 valence electrons. The summed E-state index contributed by atoms with van der Waals surface area (Å²) in [5.74, 6) is 0.183. The fourth-order valence-electron chi connectivity index (χ4n) is 4.82. The molecule has 0 fully saturated rings. The highest BCUT2D eigenvalue weighted by Gasteiger charge is 2.18. The highest BCUT2D eigenvalue weighted by molar-refractivity contribution is 5.83. The van der Waals surface area contributed by atoms with Crippen molar-refractivity contribution in [2.24, 2.45) is 0 Å². The van der Waals surface area contributed by atoms with Crippen LogP contribution in [0.4, 0.5) is 0 Å². The van der Waals surface area contributed by atoms with Crippen LogP contribution in [-0.4, -0.2) is 70.1 Å². The van der Waals surface area contributed by atoms with Gasteiger partial charge in [0, 0.05) is 42.4 Å². The van der Waals surface area contributed by atoms with Crippen LogP contribution < -0.4 is 0 Å². The molecule has 36 heavy (non-hydrogen) atoms. The maximum Gasteiger partial charge on any atom is 0.237 e. The summed E-state index contributed by atoms with van der Waals surface area (Å²) in [6.07, 6.45) is 5.95. The first kappa shape index (κ1) is 23.8. The molecular weight excluding hydrogens is 450 g/mol. The van der Waals surface area contributed by atoms with Gasteiger partial charge in [-0.1, -0.05) is 30.3 Å². The predicted octanol–water partition coefficient (Wildman–Crippen LogP) is 4.17. The summed E-state index contributed by atoms with van der Waals surface area (Å²) < 4.78 is 4.05. The second-order valence-corrected chi connectivity index (χ2v) is 9.68. The van der Waals surface area contributed by atoms with Gasteiger partial charge in [-0.2, -0.15) is 5.10 Å². The van der Waals surface area contributed by atoms with Crippen molar-refractivity contribution in [3.8, 4) is 5.69 Å². The van der Waals surface area contributed by atoms with Crippen molar-refractivity contribution in [1.82, 2.24) is 24.1 Å². The third-order valence-corrected chi connectivity index (χ3v) is 6.72. The Kier molecular flexibility index (Phi) is 6.57. The van der Waals surface area contributed by atoms with Crippen molar-refractivity contribution in [1.29, 1.82) is 0 Å². The van der Waals surface area contributed by atoms with Gasteiger partial charge in [0.25, 0.3) is 0 Å². The van der Waals surface area contributed by atoms with E-state index in [0.29, 0.717) is 18.8 Å². The Labute approximate surface area is 211 Å². The van der Waals surface area contributed by atoms with E-state index >= 15 is 0 Å². The van der Waals surface area contributed by atoms with Crippen molar-refractivity contribution < 1.29 is 9.59 Å². The Morgan fingerprint density at radius 1 is 1.08 bits per heavy atom. The Morgan fingerprint density at radius 2 is 1.89 bits per heavy atom. The van der Waals surface area contributed by atoms with Gasteiger partial charge in [-0.25, -0.2) is 4.68 Å². The average molecular weight is 482 g/mol. The molecule has 5 rings (SSSR count). The zero-order chi connectivity index (χ0) is 25.2. The quantitative estimate of drug-likeness (QED) is 0.372. The lowest BCUT2D eigenvalue weighted by molar-refractivity contribution is -0.131. The second kappa shape index (κ2) is 9.95. The first-order chi connectivity index (χ1) is 17.4. The minimum atomic E-state index is 0.183. The number of fused-ring (bicyclic) bond motifs is 1. The van der Waals surface area contributed by atoms with Crippen molar-refractivity contribution in [3.63, 3.8) is 0 Å². The Hall–Kier alpha value is -3.97. The van der Waals surface area contributed by atoms with E-state index in [4.69, 9.17) is 0 Å². The molecule has 1 aliphatic heterocycles. The van der Waals surface area contributed by atoms with Gasteiger partial charge >= 0.3 is 0 Å². The van der Waals surface area contributed by atoms with Crippen LogP contribution in [0.3, 0.4) is 0 Å². The van der Waals surface area contributed by atoms with Gasteiger partial charge in [-0.15, -0.1) is 0 Å². The van der Waals surface area contributed by atoms with Crippen molar-refractivity contribution in [2.45, 2.75) is 19.9 Å². The predicted molar refractivity (Wildman–Crippen MR) is 142 cm³/mol. The van der Waals surface area contributed by atoms with Crippen LogP contribution in [0.2, 0.25) is 0 Å². The molecule has 0 unspecified atom stereocenters. The number of carbonyl (C=O) groups excluding carboxylic acids is 2. The monoisotopic (exact) mass is 481 g/mol. The van der Waals surface area contributed by atoms with Gasteiger partial charge in [-0.3, -0.25) is 9.59 Å². The fourth-order valence-corrected chi connectivity index (χ4v) is 4.82. The molecule has 0 saturated carbocycles. The molecule has 0 spiro atoms. The zero-order valence-corrected chi connectivity index (χ0v) is 21.0. The Bertz CT molecular complexity index is 1440. The molecule has 0 aliphatic carbocycles. The number of hydrogen-bond acceptors (Lipinski definition) is 4. The number of rotatable bonds is 7. The lowest BCUT2D eigenvalue weighted by atomic mass is 9.98. The summed E-state index contributed by atoms with van der Waals surface area (Å²) in [7, 11) is 3.84. The summed E-state index contributed by atoms with van der Waals surface area (Å²) >= 11 is 0. The topological polar surface area (TPSA) is 63.4 Å². The van der Waals surface area contributed by atoms with E-state index in [1.165, 1.54) is 16.7 Å². The fraction of sp³-hybridized carbons (Fsp3) is 0.276. The van der Waals surface area contributed by atoms with Crippen LogP contribution in [0, 0.1) is 6.92 Å². The smallest absolute Gasteiger partial charge is 0.237 e. The van der Waals surface area contributed by atoms with Crippen molar-refractivity contribution in [2.75, 3.05) is 33.7 Å². The van der Waals surface area contributed by atoms with Crippen LogP contribution in [0.5, 0.6) is 0 Å². The minimum Gasteiger partial charge on any atom is -0.343 e. The van der Waals surface area contributed by atoms with Gasteiger partial charge in [0.1, 0.15) is 5.69 Å².